The van der Waals surface area contributed by atoms with Gasteiger partial charge in [0.15, 0.2) is 0 Å². The predicted octanol–water partition coefficient (Wildman–Crippen LogP) is 2.98. The number of hydrogen-bond acceptors (Lipinski definition) is 2. The highest BCUT2D eigenvalue weighted by Crippen LogP contribution is 2.19. The summed E-state index contributed by atoms with van der Waals surface area (Å²) in [6.45, 7) is 7.96. The van der Waals surface area contributed by atoms with Gasteiger partial charge < -0.3 is 14.6 Å². The van der Waals surface area contributed by atoms with Crippen molar-refractivity contribution in [3.8, 4) is 0 Å². The second-order valence-electron chi connectivity index (χ2n) is 4.75. The third kappa shape index (κ3) is 3.59. The predicted molar refractivity (Wildman–Crippen MR) is 75.9 cm³/mol. The molecule has 0 spiro atoms. The number of amides is 1. The van der Waals surface area contributed by atoms with E-state index in [1.807, 2.05) is 44.5 Å². The molecule has 102 valence electrons. The molecule has 1 rings (SSSR count). The fraction of sp³-hybridized carbons (Fsp3) is 0.615. The van der Waals surface area contributed by atoms with Gasteiger partial charge in [-0.1, -0.05) is 0 Å². The average molecular weight is 317 g/mol. The Bertz CT molecular complexity index is 415. The summed E-state index contributed by atoms with van der Waals surface area (Å²) in [6, 6.07) is 2.04. The van der Waals surface area contributed by atoms with E-state index >= 15 is 0 Å². The number of aromatic nitrogens is 1. The zero-order valence-corrected chi connectivity index (χ0v) is 13.1. The molecule has 0 aliphatic rings. The van der Waals surface area contributed by atoms with E-state index in [4.69, 9.17) is 4.74 Å². The molecule has 0 aliphatic heterocycles. The van der Waals surface area contributed by atoms with Crippen molar-refractivity contribution in [2.45, 2.75) is 45.9 Å². The Kier molecular flexibility index (Phi) is 5.41. The Morgan fingerprint density at radius 3 is 2.50 bits per heavy atom. The van der Waals surface area contributed by atoms with Gasteiger partial charge in [-0.2, -0.15) is 0 Å². The largest absolute Gasteiger partial charge is 0.380 e. The molecule has 1 aromatic heterocycles. The summed E-state index contributed by atoms with van der Waals surface area (Å²) >= 11 is 3.40. The topological polar surface area (TPSA) is 43.3 Å². The first-order valence-electron chi connectivity index (χ1n) is 6.07. The van der Waals surface area contributed by atoms with Crippen LogP contribution in [0.3, 0.4) is 0 Å². The standard InChI is InChI=1S/C13H21BrN2O2/c1-8(2)16-7-11(14)6-12(16)13(17)15-9(3)10(4)18-5/h6-10H,1-5H3,(H,15,17)/t9-,10+/m0/s1. The highest BCUT2D eigenvalue weighted by atomic mass is 79.9. The van der Waals surface area contributed by atoms with Crippen molar-refractivity contribution in [1.82, 2.24) is 9.88 Å². The minimum atomic E-state index is -0.0780. The van der Waals surface area contributed by atoms with Crippen molar-refractivity contribution < 1.29 is 9.53 Å². The molecule has 0 fully saturated rings. The van der Waals surface area contributed by atoms with Gasteiger partial charge in [0.05, 0.1) is 12.1 Å². The fourth-order valence-corrected chi connectivity index (χ4v) is 2.09. The second kappa shape index (κ2) is 6.38. The van der Waals surface area contributed by atoms with Crippen LogP contribution in [-0.2, 0) is 4.74 Å². The molecule has 18 heavy (non-hydrogen) atoms. The van der Waals surface area contributed by atoms with E-state index < -0.39 is 0 Å². The molecule has 0 aliphatic carbocycles. The van der Waals surface area contributed by atoms with Gasteiger partial charge in [-0.3, -0.25) is 4.79 Å². The summed E-state index contributed by atoms with van der Waals surface area (Å²) in [7, 11) is 1.64. The van der Waals surface area contributed by atoms with Crippen LogP contribution in [0.15, 0.2) is 16.7 Å². The molecular formula is C13H21BrN2O2. The zero-order valence-electron chi connectivity index (χ0n) is 11.5. The molecule has 1 heterocycles. The molecule has 0 radical (unpaired) electrons. The summed E-state index contributed by atoms with van der Waals surface area (Å²) in [4.78, 5) is 12.2. The van der Waals surface area contributed by atoms with E-state index in [0.717, 1.165) is 4.47 Å². The highest BCUT2D eigenvalue weighted by molar-refractivity contribution is 9.10. The Balaban J connectivity index is 2.84. The molecule has 0 bridgehead atoms. The normalized spacial score (nSPS) is 14.6. The SMILES string of the molecule is CO[C@H](C)[C@H](C)NC(=O)c1cc(Br)cn1C(C)C. The molecule has 1 N–H and O–H groups in total. The smallest absolute Gasteiger partial charge is 0.268 e. The van der Waals surface area contributed by atoms with E-state index in [9.17, 15) is 4.79 Å². The van der Waals surface area contributed by atoms with E-state index in [1.54, 1.807) is 7.11 Å². The maximum absolute atomic E-state index is 12.2. The maximum Gasteiger partial charge on any atom is 0.268 e. The average Bonchev–Trinajstić information content (AvgIpc) is 2.70. The quantitative estimate of drug-likeness (QED) is 0.907. The summed E-state index contributed by atoms with van der Waals surface area (Å²) in [5.41, 5.74) is 0.659. The van der Waals surface area contributed by atoms with Crippen LogP contribution in [0.5, 0.6) is 0 Å². The molecule has 0 aromatic carbocycles. The van der Waals surface area contributed by atoms with Crippen LogP contribution >= 0.6 is 15.9 Å². The number of methoxy groups -OCH3 is 1. The first-order chi connectivity index (χ1) is 8.36. The molecular weight excluding hydrogens is 296 g/mol. The van der Waals surface area contributed by atoms with Crippen LogP contribution in [0, 0.1) is 0 Å². The Morgan fingerprint density at radius 1 is 1.39 bits per heavy atom. The van der Waals surface area contributed by atoms with Gasteiger partial charge in [0, 0.05) is 23.8 Å². The van der Waals surface area contributed by atoms with Crippen molar-refractivity contribution in [2.75, 3.05) is 7.11 Å². The van der Waals surface area contributed by atoms with Crippen LogP contribution in [0.2, 0.25) is 0 Å². The van der Waals surface area contributed by atoms with Crippen molar-refractivity contribution in [3.63, 3.8) is 0 Å². The Morgan fingerprint density at radius 2 is 2.00 bits per heavy atom. The van der Waals surface area contributed by atoms with Crippen LogP contribution < -0.4 is 5.32 Å². The van der Waals surface area contributed by atoms with Crippen LogP contribution in [0.4, 0.5) is 0 Å². The zero-order chi connectivity index (χ0) is 13.9. The molecule has 0 saturated heterocycles. The van der Waals surface area contributed by atoms with Crippen LogP contribution in [0.1, 0.15) is 44.2 Å². The number of nitrogens with zero attached hydrogens (tertiary/aromatic N) is 1. The number of nitrogens with one attached hydrogen (secondary N) is 1. The lowest BCUT2D eigenvalue weighted by molar-refractivity contribution is 0.0728. The monoisotopic (exact) mass is 316 g/mol. The minimum absolute atomic E-state index is 0.0140. The molecule has 1 amide bonds. The van der Waals surface area contributed by atoms with Gasteiger partial charge in [-0.25, -0.2) is 0 Å². The van der Waals surface area contributed by atoms with Gasteiger partial charge in [-0.05, 0) is 49.7 Å². The van der Waals surface area contributed by atoms with E-state index in [0.29, 0.717) is 5.69 Å². The first-order valence-corrected chi connectivity index (χ1v) is 6.87. The number of carbonyl (C=O) groups is 1. The number of halogens is 1. The molecule has 0 unspecified atom stereocenters. The van der Waals surface area contributed by atoms with Gasteiger partial charge >= 0.3 is 0 Å². The number of carbonyl (C=O) groups excluding carboxylic acids is 1. The van der Waals surface area contributed by atoms with E-state index in [-0.39, 0.29) is 24.1 Å². The van der Waals surface area contributed by atoms with E-state index in [1.165, 1.54) is 0 Å². The lowest BCUT2D eigenvalue weighted by Crippen LogP contribution is -2.41. The van der Waals surface area contributed by atoms with Crippen LogP contribution in [-0.4, -0.2) is 29.7 Å². The molecule has 2 atom stereocenters. The third-order valence-corrected chi connectivity index (χ3v) is 3.47. The Labute approximate surface area is 117 Å². The first kappa shape index (κ1) is 15.2. The molecule has 4 nitrogen and oxygen atoms in total. The van der Waals surface area contributed by atoms with Crippen molar-refractivity contribution in [2.24, 2.45) is 0 Å². The molecule has 5 heteroatoms. The van der Waals surface area contributed by atoms with E-state index in [2.05, 4.69) is 21.2 Å². The van der Waals surface area contributed by atoms with Crippen molar-refractivity contribution >= 4 is 21.8 Å². The van der Waals surface area contributed by atoms with Gasteiger partial charge in [0.25, 0.3) is 5.91 Å². The highest BCUT2D eigenvalue weighted by Gasteiger charge is 2.19. The third-order valence-electron chi connectivity index (χ3n) is 3.04. The van der Waals surface area contributed by atoms with Crippen molar-refractivity contribution in [3.05, 3.63) is 22.4 Å². The van der Waals surface area contributed by atoms with Gasteiger partial charge in [0.1, 0.15) is 5.69 Å². The summed E-state index contributed by atoms with van der Waals surface area (Å²) in [5.74, 6) is -0.0780. The fourth-order valence-electron chi connectivity index (χ4n) is 1.66. The lowest BCUT2D eigenvalue weighted by atomic mass is 10.2. The summed E-state index contributed by atoms with van der Waals surface area (Å²) < 4.78 is 8.06. The number of rotatable bonds is 5. The van der Waals surface area contributed by atoms with Crippen molar-refractivity contribution in [1.29, 1.82) is 0 Å². The summed E-state index contributed by atoms with van der Waals surface area (Å²) in [5, 5.41) is 2.95. The molecule has 0 saturated carbocycles. The Hall–Kier alpha value is -0.810. The second-order valence-corrected chi connectivity index (χ2v) is 5.66. The lowest BCUT2D eigenvalue weighted by Gasteiger charge is -2.21. The summed E-state index contributed by atoms with van der Waals surface area (Å²) in [6.07, 6.45) is 1.91. The maximum atomic E-state index is 12.2. The van der Waals surface area contributed by atoms with Gasteiger partial charge in [-0.15, -0.1) is 0 Å². The number of ether oxygens (including phenoxy) is 1. The van der Waals surface area contributed by atoms with Gasteiger partial charge in [0.2, 0.25) is 0 Å². The van der Waals surface area contributed by atoms with Crippen LogP contribution in [0.25, 0.3) is 0 Å². The molecule has 1 aromatic rings. The number of hydrogen-bond donors (Lipinski definition) is 1. The minimum Gasteiger partial charge on any atom is -0.380 e.